The zero-order chi connectivity index (χ0) is 15.0. The number of nitrogens with zero attached hydrogens (tertiary/aromatic N) is 1. The third kappa shape index (κ3) is 3.14. The lowest BCUT2D eigenvalue weighted by Gasteiger charge is -2.40. The molecule has 2 fully saturated rings. The summed E-state index contributed by atoms with van der Waals surface area (Å²) >= 11 is 0. The van der Waals surface area contributed by atoms with E-state index >= 15 is 0 Å². The minimum atomic E-state index is -1.65. The summed E-state index contributed by atoms with van der Waals surface area (Å²) in [6.07, 6.45) is 4.34. The lowest BCUT2D eigenvalue weighted by Crippen LogP contribution is -2.52. The number of carboxylic acids is 1. The maximum Gasteiger partial charge on any atom is 0.335 e. The van der Waals surface area contributed by atoms with Gasteiger partial charge < -0.3 is 15.1 Å². The molecule has 1 saturated carbocycles. The number of amides is 1. The lowest BCUT2D eigenvalue weighted by atomic mass is 9.71. The molecule has 5 nitrogen and oxygen atoms in total. The molecule has 1 aliphatic heterocycles. The minimum Gasteiger partial charge on any atom is -0.479 e. The van der Waals surface area contributed by atoms with E-state index in [2.05, 4.69) is 13.8 Å². The molecule has 1 aliphatic carbocycles. The number of carbonyl (C=O) groups is 2. The van der Waals surface area contributed by atoms with Gasteiger partial charge in [-0.1, -0.05) is 20.3 Å². The summed E-state index contributed by atoms with van der Waals surface area (Å²) < 4.78 is 0. The van der Waals surface area contributed by atoms with E-state index in [1.807, 2.05) is 0 Å². The monoisotopic (exact) mass is 283 g/mol. The number of likely N-dealkylation sites (tertiary alicyclic amines) is 1. The molecule has 114 valence electrons. The molecule has 1 saturated heterocycles. The van der Waals surface area contributed by atoms with Gasteiger partial charge in [-0.25, -0.2) is 4.79 Å². The van der Waals surface area contributed by atoms with Crippen LogP contribution < -0.4 is 0 Å². The highest BCUT2D eigenvalue weighted by molar-refractivity contribution is 5.81. The first-order chi connectivity index (χ1) is 9.23. The second kappa shape index (κ2) is 5.35. The Hall–Kier alpha value is -1.10. The molecular weight excluding hydrogens is 258 g/mol. The Morgan fingerprint density at radius 3 is 2.25 bits per heavy atom. The molecule has 0 radical (unpaired) electrons. The smallest absolute Gasteiger partial charge is 0.335 e. The van der Waals surface area contributed by atoms with Crippen molar-refractivity contribution in [3.8, 4) is 0 Å². The Balaban J connectivity index is 1.93. The van der Waals surface area contributed by atoms with E-state index in [1.54, 1.807) is 4.90 Å². The van der Waals surface area contributed by atoms with Crippen LogP contribution in [0, 0.1) is 11.3 Å². The number of aliphatic hydroxyl groups is 1. The predicted octanol–water partition coefficient (Wildman–Crippen LogP) is 1.64. The van der Waals surface area contributed by atoms with E-state index < -0.39 is 11.6 Å². The normalized spacial score (nSPS) is 28.9. The minimum absolute atomic E-state index is 0.0646. The fraction of sp³-hybridized carbons (Fsp3) is 0.867. The van der Waals surface area contributed by atoms with Gasteiger partial charge in [-0.3, -0.25) is 4.79 Å². The van der Waals surface area contributed by atoms with Crippen molar-refractivity contribution in [2.75, 3.05) is 13.1 Å². The third-order valence-electron chi connectivity index (χ3n) is 4.85. The highest BCUT2D eigenvalue weighted by Gasteiger charge is 2.42. The second-order valence-corrected chi connectivity index (χ2v) is 7.12. The van der Waals surface area contributed by atoms with Gasteiger partial charge in [-0.2, -0.15) is 0 Å². The molecule has 1 amide bonds. The Morgan fingerprint density at radius 1 is 1.15 bits per heavy atom. The lowest BCUT2D eigenvalue weighted by molar-refractivity contribution is -0.166. The van der Waals surface area contributed by atoms with E-state index in [-0.39, 0.29) is 30.1 Å². The molecule has 1 heterocycles. The van der Waals surface area contributed by atoms with Crippen LogP contribution in [0.15, 0.2) is 0 Å². The van der Waals surface area contributed by atoms with Crippen LogP contribution >= 0.6 is 0 Å². The van der Waals surface area contributed by atoms with Crippen molar-refractivity contribution in [3.05, 3.63) is 0 Å². The number of hydrogen-bond acceptors (Lipinski definition) is 3. The van der Waals surface area contributed by atoms with Crippen molar-refractivity contribution in [2.45, 2.75) is 58.0 Å². The number of aliphatic carboxylic acids is 1. The van der Waals surface area contributed by atoms with Gasteiger partial charge in [0, 0.05) is 31.8 Å². The SMILES string of the molecule is CC1(C)CCCC(C(=O)N2CCC(O)(C(=O)O)CC2)C1. The van der Waals surface area contributed by atoms with Crippen LogP contribution in [0.4, 0.5) is 0 Å². The Labute approximate surface area is 120 Å². The van der Waals surface area contributed by atoms with Gasteiger partial charge in [0.25, 0.3) is 0 Å². The zero-order valence-electron chi connectivity index (χ0n) is 12.4. The predicted molar refractivity (Wildman–Crippen MR) is 74.1 cm³/mol. The van der Waals surface area contributed by atoms with E-state index in [1.165, 1.54) is 0 Å². The second-order valence-electron chi connectivity index (χ2n) is 7.12. The highest BCUT2D eigenvalue weighted by atomic mass is 16.4. The molecule has 20 heavy (non-hydrogen) atoms. The summed E-state index contributed by atoms with van der Waals surface area (Å²) in [4.78, 5) is 25.2. The van der Waals surface area contributed by atoms with Crippen LogP contribution in [0.3, 0.4) is 0 Å². The van der Waals surface area contributed by atoms with Gasteiger partial charge in [0.2, 0.25) is 5.91 Å². The summed E-state index contributed by atoms with van der Waals surface area (Å²) in [7, 11) is 0. The first kappa shape index (κ1) is 15.3. The first-order valence-electron chi connectivity index (χ1n) is 7.48. The van der Waals surface area contributed by atoms with Gasteiger partial charge in [-0.05, 0) is 24.7 Å². The maximum atomic E-state index is 12.5. The number of carbonyl (C=O) groups excluding carboxylic acids is 1. The van der Waals surface area contributed by atoms with Crippen molar-refractivity contribution in [2.24, 2.45) is 11.3 Å². The first-order valence-corrected chi connectivity index (χ1v) is 7.48. The van der Waals surface area contributed by atoms with Crippen LogP contribution in [0.1, 0.15) is 52.4 Å². The molecule has 0 aromatic carbocycles. The largest absolute Gasteiger partial charge is 0.479 e. The summed E-state index contributed by atoms with van der Waals surface area (Å²) in [6, 6.07) is 0. The molecule has 0 aromatic rings. The summed E-state index contributed by atoms with van der Waals surface area (Å²) in [5.41, 5.74) is -1.43. The third-order valence-corrected chi connectivity index (χ3v) is 4.85. The van der Waals surface area contributed by atoms with Gasteiger partial charge in [0.15, 0.2) is 5.60 Å². The number of rotatable bonds is 2. The van der Waals surface area contributed by atoms with Gasteiger partial charge >= 0.3 is 5.97 Å². The van der Waals surface area contributed by atoms with Crippen LogP contribution in [0.5, 0.6) is 0 Å². The van der Waals surface area contributed by atoms with Crippen LogP contribution in [-0.4, -0.2) is 45.7 Å². The van der Waals surface area contributed by atoms with Gasteiger partial charge in [0.1, 0.15) is 0 Å². The average Bonchev–Trinajstić information content (AvgIpc) is 2.37. The van der Waals surface area contributed by atoms with E-state index in [0.29, 0.717) is 13.1 Å². The molecular formula is C15H25NO4. The summed E-state index contributed by atoms with van der Waals surface area (Å²) in [5, 5.41) is 18.9. The Kier molecular flexibility index (Phi) is 4.09. The molecule has 5 heteroatoms. The molecule has 1 unspecified atom stereocenters. The van der Waals surface area contributed by atoms with Gasteiger partial charge in [0.05, 0.1) is 0 Å². The van der Waals surface area contributed by atoms with Crippen LogP contribution in [-0.2, 0) is 9.59 Å². The van der Waals surface area contributed by atoms with Crippen LogP contribution in [0.25, 0.3) is 0 Å². The number of piperidine rings is 1. The van der Waals surface area contributed by atoms with Crippen molar-refractivity contribution in [1.82, 2.24) is 4.90 Å². The van der Waals surface area contributed by atoms with Crippen molar-refractivity contribution in [3.63, 3.8) is 0 Å². The molecule has 0 bridgehead atoms. The van der Waals surface area contributed by atoms with E-state index in [9.17, 15) is 14.7 Å². The Bertz CT molecular complexity index is 397. The standard InChI is InChI=1S/C15H25NO4/c1-14(2)5-3-4-11(10-14)12(17)16-8-6-15(20,7-9-16)13(18)19/h11,20H,3-10H2,1-2H3,(H,18,19). The Morgan fingerprint density at radius 2 is 1.75 bits per heavy atom. The van der Waals surface area contributed by atoms with Crippen molar-refractivity contribution >= 4 is 11.9 Å². The van der Waals surface area contributed by atoms with E-state index in [0.717, 1.165) is 25.7 Å². The molecule has 1 atom stereocenters. The summed E-state index contributed by atoms with van der Waals surface area (Å²) in [5.74, 6) is -0.969. The van der Waals surface area contributed by atoms with Crippen molar-refractivity contribution < 1.29 is 19.8 Å². The van der Waals surface area contributed by atoms with Crippen LogP contribution in [0.2, 0.25) is 0 Å². The average molecular weight is 283 g/mol. The molecule has 2 rings (SSSR count). The topological polar surface area (TPSA) is 77.8 Å². The maximum absolute atomic E-state index is 12.5. The number of hydrogen-bond donors (Lipinski definition) is 2. The molecule has 0 spiro atoms. The summed E-state index contributed by atoms with van der Waals surface area (Å²) in [6.45, 7) is 5.09. The van der Waals surface area contributed by atoms with Gasteiger partial charge in [-0.15, -0.1) is 0 Å². The van der Waals surface area contributed by atoms with Crippen molar-refractivity contribution in [1.29, 1.82) is 0 Å². The highest BCUT2D eigenvalue weighted by Crippen LogP contribution is 2.39. The molecule has 2 aliphatic rings. The fourth-order valence-corrected chi connectivity index (χ4v) is 3.48. The molecule has 2 N–H and O–H groups in total. The quantitative estimate of drug-likeness (QED) is 0.807. The van der Waals surface area contributed by atoms with E-state index in [4.69, 9.17) is 5.11 Å². The zero-order valence-corrected chi connectivity index (χ0v) is 12.4. The fourth-order valence-electron chi connectivity index (χ4n) is 3.48. The molecule has 0 aromatic heterocycles. The number of carboxylic acid groups (broad SMARTS) is 1.